The Balaban J connectivity index is 0.000000233. The maximum Gasteiger partial charge on any atom is 0.404 e. The summed E-state index contributed by atoms with van der Waals surface area (Å²) in [6.45, 7) is 5.34. The van der Waals surface area contributed by atoms with Gasteiger partial charge in [0.25, 0.3) is 0 Å². The first-order valence-electron chi connectivity index (χ1n) is 11.7. The van der Waals surface area contributed by atoms with Gasteiger partial charge in [-0.2, -0.15) is 15.1 Å². The van der Waals surface area contributed by atoms with Crippen molar-refractivity contribution >= 4 is 34.7 Å². The Morgan fingerprint density at radius 3 is 2.67 bits per heavy atom. The molecule has 0 saturated carbocycles. The largest absolute Gasteiger partial charge is 0.445 e. The number of hydrogen-bond donors (Lipinski definition) is 2. The van der Waals surface area contributed by atoms with E-state index < -0.39 is 12.3 Å². The molecule has 1 aromatic carbocycles. The van der Waals surface area contributed by atoms with Gasteiger partial charge in [0.15, 0.2) is 17.0 Å². The van der Waals surface area contributed by atoms with Crippen molar-refractivity contribution in [1.82, 2.24) is 29.3 Å². The summed E-state index contributed by atoms with van der Waals surface area (Å²) < 4.78 is 21.9. The number of nitrogens with zero attached hydrogens (tertiary/aromatic N) is 7. The molecule has 1 unspecified atom stereocenters. The van der Waals surface area contributed by atoms with Gasteiger partial charge in [0.1, 0.15) is 12.8 Å². The molecule has 1 aliphatic rings. The number of anilines is 3. The van der Waals surface area contributed by atoms with Gasteiger partial charge in [0, 0.05) is 25.8 Å². The molecular weight excluding hydrogens is 465 g/mol. The normalized spacial score (nSPS) is 15.1. The van der Waals surface area contributed by atoms with Crippen LogP contribution >= 0.6 is 0 Å². The summed E-state index contributed by atoms with van der Waals surface area (Å²) in [4.78, 5) is 25.8. The molecule has 1 saturated heterocycles. The molecule has 0 aliphatic carbocycles. The van der Waals surface area contributed by atoms with Crippen molar-refractivity contribution in [3.8, 4) is 0 Å². The van der Waals surface area contributed by atoms with E-state index in [1.54, 1.807) is 17.2 Å². The number of carbonyl (C=O) groups excluding carboxylic acids is 1. The maximum atomic E-state index is 13.6. The van der Waals surface area contributed by atoms with Gasteiger partial charge in [0.2, 0.25) is 5.95 Å². The molecule has 1 atom stereocenters. The molecule has 0 radical (unpaired) electrons. The predicted octanol–water partition coefficient (Wildman–Crippen LogP) is 3.71. The van der Waals surface area contributed by atoms with Crippen LogP contribution in [0.3, 0.4) is 0 Å². The van der Waals surface area contributed by atoms with Crippen LogP contribution in [-0.2, 0) is 18.4 Å². The number of halogens is 1. The Labute approximate surface area is 208 Å². The lowest BCUT2D eigenvalue weighted by Gasteiger charge is -2.17. The lowest BCUT2D eigenvalue weighted by atomic mass is 10.2. The van der Waals surface area contributed by atoms with Crippen LogP contribution in [0.2, 0.25) is 0 Å². The molecule has 12 heteroatoms. The van der Waals surface area contributed by atoms with Crippen LogP contribution in [0.25, 0.3) is 11.2 Å². The van der Waals surface area contributed by atoms with E-state index in [2.05, 4.69) is 44.0 Å². The Bertz CT molecular complexity index is 1310. The zero-order valence-corrected chi connectivity index (χ0v) is 20.5. The summed E-state index contributed by atoms with van der Waals surface area (Å²) in [7, 11) is 1.85. The SMILES string of the molecule is CC(C)n1cnc2c(Nc3cnn(C)c3)nc(N3CCC(F)C3)nc21.NC(=O)OCc1ccccc1. The molecule has 1 fully saturated rings. The lowest BCUT2D eigenvalue weighted by Crippen LogP contribution is -2.23. The Kier molecular flexibility index (Phi) is 7.62. The van der Waals surface area contributed by atoms with Gasteiger partial charge < -0.3 is 25.3 Å². The van der Waals surface area contributed by atoms with Gasteiger partial charge in [-0.3, -0.25) is 4.68 Å². The number of fused-ring (bicyclic) bond motifs is 1. The molecular formula is C24H30FN9O2. The van der Waals surface area contributed by atoms with E-state index >= 15 is 0 Å². The van der Waals surface area contributed by atoms with Crippen LogP contribution < -0.4 is 16.0 Å². The van der Waals surface area contributed by atoms with E-state index in [0.29, 0.717) is 36.8 Å². The van der Waals surface area contributed by atoms with Crippen molar-refractivity contribution in [3.05, 3.63) is 54.6 Å². The number of ether oxygens (including phenoxy) is 1. The first kappa shape index (κ1) is 24.9. The Morgan fingerprint density at radius 2 is 2.06 bits per heavy atom. The van der Waals surface area contributed by atoms with E-state index in [1.807, 2.05) is 53.0 Å². The number of carbonyl (C=O) groups is 1. The van der Waals surface area contributed by atoms with E-state index in [0.717, 1.165) is 16.9 Å². The van der Waals surface area contributed by atoms with Crippen molar-refractivity contribution in [3.63, 3.8) is 0 Å². The topological polar surface area (TPSA) is 129 Å². The van der Waals surface area contributed by atoms with Gasteiger partial charge in [0.05, 0.1) is 24.8 Å². The van der Waals surface area contributed by atoms with Crippen molar-refractivity contribution in [2.24, 2.45) is 12.8 Å². The standard InChI is InChI=1S/C16H21FN8.C8H9NO2/c1-10(2)25-9-18-13-14(20-12-6-19-23(3)8-12)21-16(22-15(13)25)24-5-4-11(17)7-24;9-8(10)11-6-7-4-2-1-3-5-7/h6,8-11H,4-5,7H2,1-3H3,(H,20,21,22);1-5H,6H2,(H2,9,10). The van der Waals surface area contributed by atoms with E-state index in [1.165, 1.54) is 0 Å². The number of hydrogen-bond acceptors (Lipinski definition) is 8. The molecule has 0 bridgehead atoms. The predicted molar refractivity (Wildman–Crippen MR) is 135 cm³/mol. The second kappa shape index (κ2) is 11.0. The quantitative estimate of drug-likeness (QED) is 0.414. The molecule has 0 spiro atoms. The molecule has 11 nitrogen and oxygen atoms in total. The van der Waals surface area contributed by atoms with Crippen LogP contribution in [0.5, 0.6) is 0 Å². The third kappa shape index (κ3) is 6.06. The number of nitrogens with one attached hydrogen (secondary N) is 1. The van der Waals surface area contributed by atoms with E-state index in [9.17, 15) is 9.18 Å². The third-order valence-corrected chi connectivity index (χ3v) is 5.57. The van der Waals surface area contributed by atoms with E-state index in [4.69, 9.17) is 5.73 Å². The number of benzene rings is 1. The number of aromatic nitrogens is 6. The average molecular weight is 496 g/mol. The van der Waals surface area contributed by atoms with Crippen molar-refractivity contribution in [2.45, 2.75) is 39.1 Å². The fourth-order valence-corrected chi connectivity index (χ4v) is 3.76. The third-order valence-electron chi connectivity index (χ3n) is 5.57. The van der Waals surface area contributed by atoms with Crippen molar-refractivity contribution in [1.29, 1.82) is 0 Å². The fourth-order valence-electron chi connectivity index (χ4n) is 3.76. The van der Waals surface area contributed by atoms with Gasteiger partial charge >= 0.3 is 6.09 Å². The summed E-state index contributed by atoms with van der Waals surface area (Å²) >= 11 is 0. The highest BCUT2D eigenvalue weighted by atomic mass is 19.1. The molecule has 1 amide bonds. The summed E-state index contributed by atoms with van der Waals surface area (Å²) in [5.74, 6) is 1.14. The number of aryl methyl sites for hydroxylation is 1. The molecule has 4 aromatic rings. The monoisotopic (exact) mass is 495 g/mol. The first-order chi connectivity index (χ1) is 17.3. The summed E-state index contributed by atoms with van der Waals surface area (Å²) in [5.41, 5.74) is 7.97. The fraction of sp³-hybridized carbons (Fsp3) is 0.375. The lowest BCUT2D eigenvalue weighted by molar-refractivity contribution is 0.150. The highest BCUT2D eigenvalue weighted by Gasteiger charge is 2.26. The van der Waals surface area contributed by atoms with Crippen LogP contribution in [0.15, 0.2) is 49.1 Å². The molecule has 4 heterocycles. The molecule has 5 rings (SSSR count). The minimum Gasteiger partial charge on any atom is -0.445 e. The molecule has 1 aliphatic heterocycles. The molecule has 36 heavy (non-hydrogen) atoms. The van der Waals surface area contributed by atoms with Crippen LogP contribution in [0, 0.1) is 0 Å². The van der Waals surface area contributed by atoms with Crippen LogP contribution in [0.4, 0.5) is 26.6 Å². The number of imidazole rings is 1. The van der Waals surface area contributed by atoms with Gasteiger partial charge in [-0.25, -0.2) is 14.2 Å². The number of nitrogens with two attached hydrogens (primary N) is 1. The minimum atomic E-state index is -0.830. The summed E-state index contributed by atoms with van der Waals surface area (Å²) in [6, 6.07) is 9.59. The molecule has 3 N–H and O–H groups in total. The number of amides is 1. The number of primary amides is 1. The van der Waals surface area contributed by atoms with Crippen LogP contribution in [0.1, 0.15) is 31.9 Å². The smallest absolute Gasteiger partial charge is 0.404 e. The summed E-state index contributed by atoms with van der Waals surface area (Å²) in [6.07, 6.45) is 4.29. The second-order valence-corrected chi connectivity index (χ2v) is 8.74. The second-order valence-electron chi connectivity index (χ2n) is 8.74. The van der Waals surface area contributed by atoms with Gasteiger partial charge in [-0.15, -0.1) is 0 Å². The Morgan fingerprint density at radius 1 is 1.28 bits per heavy atom. The molecule has 190 valence electrons. The van der Waals surface area contributed by atoms with Gasteiger partial charge in [-0.1, -0.05) is 30.3 Å². The van der Waals surface area contributed by atoms with Crippen molar-refractivity contribution in [2.75, 3.05) is 23.3 Å². The highest BCUT2D eigenvalue weighted by Crippen LogP contribution is 2.28. The Hall–Kier alpha value is -4.22. The zero-order chi connectivity index (χ0) is 25.7. The van der Waals surface area contributed by atoms with Crippen LogP contribution in [-0.4, -0.2) is 54.7 Å². The molecule has 3 aromatic heterocycles. The first-order valence-corrected chi connectivity index (χ1v) is 11.7. The number of rotatable bonds is 6. The zero-order valence-electron chi connectivity index (χ0n) is 20.5. The van der Waals surface area contributed by atoms with E-state index in [-0.39, 0.29) is 12.6 Å². The summed E-state index contributed by atoms with van der Waals surface area (Å²) in [5, 5.41) is 7.43. The maximum absolute atomic E-state index is 13.6. The van der Waals surface area contributed by atoms with Gasteiger partial charge in [-0.05, 0) is 25.8 Å². The number of alkyl halides is 1. The average Bonchev–Trinajstić information content (AvgIpc) is 3.58. The minimum absolute atomic E-state index is 0.214. The highest BCUT2D eigenvalue weighted by molar-refractivity contribution is 5.86. The van der Waals surface area contributed by atoms with Crippen molar-refractivity contribution < 1.29 is 13.9 Å².